The Balaban J connectivity index is 2.13. The van der Waals surface area contributed by atoms with Crippen molar-refractivity contribution >= 4 is 37.6 Å². The normalized spacial score (nSPS) is 11.9. The van der Waals surface area contributed by atoms with Gasteiger partial charge in [0.2, 0.25) is 0 Å². The van der Waals surface area contributed by atoms with Gasteiger partial charge in [-0.15, -0.1) is 0 Å². The van der Waals surface area contributed by atoms with Crippen molar-refractivity contribution in [3.8, 4) is 11.5 Å². The van der Waals surface area contributed by atoms with Gasteiger partial charge in [-0.2, -0.15) is 16.8 Å². The van der Waals surface area contributed by atoms with Gasteiger partial charge >= 0.3 is 26.3 Å². The van der Waals surface area contributed by atoms with Crippen molar-refractivity contribution in [2.24, 2.45) is 0 Å². The molecule has 0 aliphatic carbocycles. The van der Waals surface area contributed by atoms with E-state index < -0.39 is 36.8 Å². The number of urea groups is 1. The predicted molar refractivity (Wildman–Crippen MR) is 115 cm³/mol. The zero-order valence-electron chi connectivity index (χ0n) is 16.9. The van der Waals surface area contributed by atoms with Crippen molar-refractivity contribution in [2.45, 2.75) is 38.2 Å². The third-order valence-corrected chi connectivity index (χ3v) is 6.95. The van der Waals surface area contributed by atoms with Crippen molar-refractivity contribution in [2.75, 3.05) is 10.6 Å². The molecule has 2 amide bonds. The molecule has 9 nitrogen and oxygen atoms in total. The second-order valence-electron chi connectivity index (χ2n) is 6.85. The van der Waals surface area contributed by atoms with Crippen molar-refractivity contribution < 1.29 is 30.0 Å². The lowest BCUT2D eigenvalue weighted by molar-refractivity contribution is 0.262. The summed E-state index contributed by atoms with van der Waals surface area (Å²) in [5.74, 6) is 0.0229. The molecule has 2 aromatic rings. The Labute approximate surface area is 176 Å². The van der Waals surface area contributed by atoms with Crippen LogP contribution in [0, 0.1) is 0 Å². The van der Waals surface area contributed by atoms with Gasteiger partial charge in [0, 0.05) is 11.8 Å². The van der Waals surface area contributed by atoms with Crippen LogP contribution in [0.25, 0.3) is 0 Å². The molecular formula is C19H24N2O7S2. The number of hydrogen-bond donors (Lipinski definition) is 2. The summed E-state index contributed by atoms with van der Waals surface area (Å²) < 4.78 is 57.9. The van der Waals surface area contributed by atoms with Crippen LogP contribution < -0.4 is 19.0 Å². The minimum atomic E-state index is -3.84. The Hall–Kier alpha value is -2.79. The fourth-order valence-electron chi connectivity index (χ4n) is 2.00. The van der Waals surface area contributed by atoms with E-state index in [9.17, 15) is 21.6 Å². The third kappa shape index (κ3) is 6.36. The van der Waals surface area contributed by atoms with E-state index in [2.05, 4.69) is 10.6 Å². The number of para-hydroxylation sites is 2. The molecule has 0 heterocycles. The van der Waals surface area contributed by atoms with Gasteiger partial charge in [-0.1, -0.05) is 18.2 Å². The van der Waals surface area contributed by atoms with Crippen LogP contribution >= 0.6 is 0 Å². The lowest BCUT2D eigenvalue weighted by Gasteiger charge is -2.14. The SMILES string of the molecule is CC(C)S(=O)(=O)Oc1cccc(NC(=O)Nc2ccccc2OS(=O)(=O)C(C)C)c1. The molecular weight excluding hydrogens is 432 g/mol. The fraction of sp³-hybridized carbons (Fsp3) is 0.316. The Kier molecular flexibility index (Phi) is 7.32. The maximum atomic E-state index is 12.4. The number of benzene rings is 2. The molecule has 2 aromatic carbocycles. The molecule has 164 valence electrons. The van der Waals surface area contributed by atoms with Gasteiger partial charge in [0.25, 0.3) is 0 Å². The average molecular weight is 457 g/mol. The zero-order valence-corrected chi connectivity index (χ0v) is 18.6. The van der Waals surface area contributed by atoms with Crippen molar-refractivity contribution in [1.29, 1.82) is 0 Å². The van der Waals surface area contributed by atoms with E-state index in [1.54, 1.807) is 18.2 Å². The molecule has 0 fully saturated rings. The number of hydrogen-bond acceptors (Lipinski definition) is 7. The monoisotopic (exact) mass is 456 g/mol. The molecule has 0 aromatic heterocycles. The summed E-state index contributed by atoms with van der Waals surface area (Å²) in [6, 6.07) is 11.3. The van der Waals surface area contributed by atoms with Crippen LogP contribution in [0.5, 0.6) is 11.5 Å². The van der Waals surface area contributed by atoms with Crippen LogP contribution in [0.1, 0.15) is 27.7 Å². The van der Waals surface area contributed by atoms with Gasteiger partial charge in [-0.25, -0.2) is 4.79 Å². The average Bonchev–Trinajstić information content (AvgIpc) is 2.62. The van der Waals surface area contributed by atoms with E-state index in [-0.39, 0.29) is 22.9 Å². The summed E-state index contributed by atoms with van der Waals surface area (Å²) in [7, 11) is -7.62. The molecule has 0 aliphatic rings. The highest BCUT2D eigenvalue weighted by molar-refractivity contribution is 7.87. The number of amides is 2. The largest absolute Gasteiger partial charge is 0.382 e. The summed E-state index contributed by atoms with van der Waals surface area (Å²) in [6.07, 6.45) is 0. The highest BCUT2D eigenvalue weighted by atomic mass is 32.2. The third-order valence-electron chi connectivity index (χ3n) is 3.80. The molecule has 0 atom stereocenters. The van der Waals surface area contributed by atoms with Gasteiger partial charge in [-0.05, 0) is 52.0 Å². The first-order valence-electron chi connectivity index (χ1n) is 9.04. The van der Waals surface area contributed by atoms with Crippen LogP contribution in [0.3, 0.4) is 0 Å². The van der Waals surface area contributed by atoms with Crippen LogP contribution in [0.2, 0.25) is 0 Å². The molecule has 2 rings (SSSR count). The highest BCUT2D eigenvalue weighted by Gasteiger charge is 2.21. The van der Waals surface area contributed by atoms with Crippen LogP contribution in [-0.2, 0) is 20.2 Å². The smallest absolute Gasteiger partial charge is 0.323 e. The second-order valence-corrected chi connectivity index (χ2v) is 11.0. The second kappa shape index (κ2) is 9.35. The highest BCUT2D eigenvalue weighted by Crippen LogP contribution is 2.27. The van der Waals surface area contributed by atoms with E-state index >= 15 is 0 Å². The molecule has 11 heteroatoms. The minimum absolute atomic E-state index is 0.0264. The maximum Gasteiger partial charge on any atom is 0.323 e. The van der Waals surface area contributed by atoms with Gasteiger partial charge in [0.05, 0.1) is 16.2 Å². The van der Waals surface area contributed by atoms with Gasteiger partial charge < -0.3 is 19.0 Å². The van der Waals surface area contributed by atoms with Crippen LogP contribution in [0.4, 0.5) is 16.2 Å². The summed E-state index contributed by atoms with van der Waals surface area (Å²) in [6.45, 7) is 5.94. The van der Waals surface area contributed by atoms with Crippen LogP contribution in [-0.4, -0.2) is 33.4 Å². The van der Waals surface area contributed by atoms with E-state index in [1.165, 1.54) is 58.0 Å². The molecule has 0 aliphatic heterocycles. The lowest BCUT2D eigenvalue weighted by atomic mass is 10.3. The van der Waals surface area contributed by atoms with Crippen molar-refractivity contribution in [3.05, 3.63) is 48.5 Å². The maximum absolute atomic E-state index is 12.4. The van der Waals surface area contributed by atoms with Gasteiger partial charge in [0.15, 0.2) is 5.75 Å². The molecule has 30 heavy (non-hydrogen) atoms. The predicted octanol–water partition coefficient (Wildman–Crippen LogP) is 3.56. The number of nitrogens with one attached hydrogen (secondary N) is 2. The Morgan fingerprint density at radius 1 is 0.800 bits per heavy atom. The Bertz CT molecular complexity index is 1110. The van der Waals surface area contributed by atoms with E-state index in [0.717, 1.165) is 0 Å². The number of carbonyl (C=O) groups excluding carboxylic acids is 1. The quantitative estimate of drug-likeness (QED) is 0.581. The molecule has 2 N–H and O–H groups in total. The molecule has 0 spiro atoms. The number of anilines is 2. The summed E-state index contributed by atoms with van der Waals surface area (Å²) in [5, 5.41) is 3.55. The van der Waals surface area contributed by atoms with Crippen molar-refractivity contribution in [1.82, 2.24) is 0 Å². The molecule has 0 unspecified atom stereocenters. The number of carbonyl (C=O) groups is 1. The van der Waals surface area contributed by atoms with Gasteiger partial charge in [0.1, 0.15) is 5.75 Å². The first kappa shape index (κ1) is 23.5. The standard InChI is InChI=1S/C19H24N2O7S2/c1-13(2)29(23,24)27-16-9-7-8-15(12-16)20-19(22)21-17-10-5-6-11-18(17)28-30(25,26)14(3)4/h5-14H,1-4H3,(H2,20,21,22). The fourth-order valence-corrected chi connectivity index (χ4v) is 3.16. The van der Waals surface area contributed by atoms with Gasteiger partial charge in [-0.3, -0.25) is 0 Å². The van der Waals surface area contributed by atoms with E-state index in [1.807, 2.05) is 0 Å². The summed E-state index contributed by atoms with van der Waals surface area (Å²) >= 11 is 0. The van der Waals surface area contributed by atoms with Crippen LogP contribution in [0.15, 0.2) is 48.5 Å². The Morgan fingerprint density at radius 3 is 2.03 bits per heavy atom. The summed E-state index contributed by atoms with van der Waals surface area (Å²) in [5.41, 5.74) is 0.422. The van der Waals surface area contributed by atoms with E-state index in [0.29, 0.717) is 0 Å². The minimum Gasteiger partial charge on any atom is -0.382 e. The topological polar surface area (TPSA) is 128 Å². The number of rotatable bonds is 8. The zero-order chi connectivity index (χ0) is 22.5. The van der Waals surface area contributed by atoms with Crippen molar-refractivity contribution in [3.63, 3.8) is 0 Å². The molecule has 0 saturated carbocycles. The molecule has 0 bridgehead atoms. The van der Waals surface area contributed by atoms with E-state index in [4.69, 9.17) is 8.37 Å². The Morgan fingerprint density at radius 2 is 1.40 bits per heavy atom. The molecule has 0 radical (unpaired) electrons. The lowest BCUT2D eigenvalue weighted by Crippen LogP contribution is -2.23. The first-order valence-corrected chi connectivity index (χ1v) is 12.0. The summed E-state index contributed by atoms with van der Waals surface area (Å²) in [4.78, 5) is 12.4. The first-order chi connectivity index (χ1) is 13.9. The molecule has 0 saturated heterocycles.